The van der Waals surface area contributed by atoms with E-state index in [1.165, 1.54) is 30.5 Å². The molecule has 3 rings (SSSR count). The predicted octanol–water partition coefficient (Wildman–Crippen LogP) is 2.34. The molecular formula is C18H29N3. The van der Waals surface area contributed by atoms with Gasteiger partial charge in [0.2, 0.25) is 0 Å². The summed E-state index contributed by atoms with van der Waals surface area (Å²) in [6, 6.07) is 9.26. The minimum Gasteiger partial charge on any atom is -0.317 e. The van der Waals surface area contributed by atoms with Gasteiger partial charge in [-0.2, -0.15) is 0 Å². The molecule has 2 saturated heterocycles. The number of piperazine rings is 1. The summed E-state index contributed by atoms with van der Waals surface area (Å²) in [4.78, 5) is 2.73. The van der Waals surface area contributed by atoms with Crippen molar-refractivity contribution < 1.29 is 0 Å². The molecular weight excluding hydrogens is 258 g/mol. The Morgan fingerprint density at radius 1 is 1.05 bits per heavy atom. The maximum absolute atomic E-state index is 3.62. The number of hydrogen-bond acceptors (Lipinski definition) is 3. The van der Waals surface area contributed by atoms with E-state index >= 15 is 0 Å². The molecule has 21 heavy (non-hydrogen) atoms. The predicted molar refractivity (Wildman–Crippen MR) is 88.6 cm³/mol. The van der Waals surface area contributed by atoms with Gasteiger partial charge >= 0.3 is 0 Å². The third kappa shape index (κ3) is 3.31. The fraction of sp³-hybridized carbons (Fsp3) is 0.667. The van der Waals surface area contributed by atoms with Gasteiger partial charge in [-0.3, -0.25) is 4.90 Å². The summed E-state index contributed by atoms with van der Waals surface area (Å²) < 4.78 is 0. The summed E-state index contributed by atoms with van der Waals surface area (Å²) in [6.45, 7) is 11.4. The average molecular weight is 287 g/mol. The van der Waals surface area contributed by atoms with Gasteiger partial charge in [-0.05, 0) is 43.0 Å². The Bertz CT molecular complexity index is 438. The lowest BCUT2D eigenvalue weighted by Gasteiger charge is -2.50. The summed E-state index contributed by atoms with van der Waals surface area (Å²) in [7, 11) is 0. The zero-order valence-corrected chi connectivity index (χ0v) is 13.5. The standard InChI is InChI=1S/C18H29N3/c1-15(2)17-5-3-16(4-6-17)13-21-12-11-20-14-18(21)7-9-19-10-8-18/h3-6,15,19-20H,7-14H2,1-2H3. The molecule has 2 fully saturated rings. The van der Waals surface area contributed by atoms with Gasteiger partial charge in [0.15, 0.2) is 0 Å². The highest BCUT2D eigenvalue weighted by Gasteiger charge is 2.39. The third-order valence-electron chi connectivity index (χ3n) is 5.24. The zero-order valence-electron chi connectivity index (χ0n) is 13.5. The number of rotatable bonds is 3. The van der Waals surface area contributed by atoms with Gasteiger partial charge in [0, 0.05) is 31.7 Å². The van der Waals surface area contributed by atoms with Gasteiger partial charge in [0.25, 0.3) is 0 Å². The highest BCUT2D eigenvalue weighted by Crippen LogP contribution is 2.29. The second-order valence-electron chi connectivity index (χ2n) is 6.97. The summed E-state index contributed by atoms with van der Waals surface area (Å²) in [5.74, 6) is 0.619. The van der Waals surface area contributed by atoms with E-state index in [1.807, 2.05) is 0 Å². The van der Waals surface area contributed by atoms with Crippen LogP contribution in [0.2, 0.25) is 0 Å². The van der Waals surface area contributed by atoms with Gasteiger partial charge in [-0.1, -0.05) is 38.1 Å². The van der Waals surface area contributed by atoms with E-state index in [9.17, 15) is 0 Å². The van der Waals surface area contributed by atoms with Crippen molar-refractivity contribution in [1.82, 2.24) is 15.5 Å². The second-order valence-corrected chi connectivity index (χ2v) is 6.97. The lowest BCUT2D eigenvalue weighted by atomic mass is 9.84. The third-order valence-corrected chi connectivity index (χ3v) is 5.24. The molecule has 2 aliphatic heterocycles. The Kier molecular flexibility index (Phi) is 4.63. The van der Waals surface area contributed by atoms with Crippen molar-refractivity contribution >= 4 is 0 Å². The van der Waals surface area contributed by atoms with Crippen LogP contribution in [0.5, 0.6) is 0 Å². The van der Waals surface area contributed by atoms with Crippen LogP contribution in [-0.4, -0.2) is 43.2 Å². The number of benzene rings is 1. The van der Waals surface area contributed by atoms with E-state index in [4.69, 9.17) is 0 Å². The van der Waals surface area contributed by atoms with E-state index < -0.39 is 0 Å². The Hall–Kier alpha value is -0.900. The molecule has 0 amide bonds. The molecule has 0 aliphatic carbocycles. The molecule has 1 spiro atoms. The molecule has 0 aromatic heterocycles. The lowest BCUT2D eigenvalue weighted by Crippen LogP contribution is -2.64. The van der Waals surface area contributed by atoms with E-state index in [-0.39, 0.29) is 0 Å². The Labute approximate surface area is 129 Å². The second kappa shape index (κ2) is 6.47. The molecule has 2 N–H and O–H groups in total. The largest absolute Gasteiger partial charge is 0.317 e. The van der Waals surface area contributed by atoms with Crippen molar-refractivity contribution in [3.63, 3.8) is 0 Å². The van der Waals surface area contributed by atoms with E-state index in [0.29, 0.717) is 11.5 Å². The van der Waals surface area contributed by atoms with Gasteiger partial charge in [-0.25, -0.2) is 0 Å². The maximum Gasteiger partial charge on any atom is 0.0362 e. The zero-order chi connectivity index (χ0) is 14.7. The molecule has 2 heterocycles. The van der Waals surface area contributed by atoms with E-state index in [2.05, 4.69) is 53.6 Å². The molecule has 1 aromatic rings. The number of piperidine rings is 1. The number of nitrogens with one attached hydrogen (secondary N) is 2. The molecule has 3 heteroatoms. The topological polar surface area (TPSA) is 27.3 Å². The molecule has 116 valence electrons. The first kappa shape index (κ1) is 15.0. The van der Waals surface area contributed by atoms with Crippen molar-refractivity contribution in [2.75, 3.05) is 32.7 Å². The van der Waals surface area contributed by atoms with Crippen LogP contribution in [-0.2, 0) is 6.54 Å². The SMILES string of the molecule is CC(C)c1ccc(CN2CCNCC23CCNCC3)cc1. The van der Waals surface area contributed by atoms with Gasteiger partial charge < -0.3 is 10.6 Å². The van der Waals surface area contributed by atoms with Crippen molar-refractivity contribution in [1.29, 1.82) is 0 Å². The summed E-state index contributed by atoms with van der Waals surface area (Å²) in [5.41, 5.74) is 3.27. The number of nitrogens with zero attached hydrogens (tertiary/aromatic N) is 1. The van der Waals surface area contributed by atoms with Crippen LogP contribution in [0.25, 0.3) is 0 Å². The van der Waals surface area contributed by atoms with Crippen molar-refractivity contribution in [3.05, 3.63) is 35.4 Å². The fourth-order valence-electron chi connectivity index (χ4n) is 3.74. The lowest BCUT2D eigenvalue weighted by molar-refractivity contribution is 0.0263. The summed E-state index contributed by atoms with van der Waals surface area (Å²) in [5, 5.41) is 7.12. The highest BCUT2D eigenvalue weighted by atomic mass is 15.3. The molecule has 0 saturated carbocycles. The molecule has 2 aliphatic rings. The summed E-state index contributed by atoms with van der Waals surface area (Å²) in [6.07, 6.45) is 2.54. The molecule has 0 radical (unpaired) electrons. The van der Waals surface area contributed by atoms with Gasteiger partial charge in [0.1, 0.15) is 0 Å². The minimum absolute atomic E-state index is 0.375. The van der Waals surface area contributed by atoms with Crippen LogP contribution < -0.4 is 10.6 Å². The molecule has 0 atom stereocenters. The Morgan fingerprint density at radius 2 is 1.76 bits per heavy atom. The highest BCUT2D eigenvalue weighted by molar-refractivity contribution is 5.25. The van der Waals surface area contributed by atoms with E-state index in [1.54, 1.807) is 0 Å². The Balaban J connectivity index is 1.72. The average Bonchev–Trinajstić information content (AvgIpc) is 2.51. The van der Waals surface area contributed by atoms with Crippen LogP contribution in [0, 0.1) is 0 Å². The van der Waals surface area contributed by atoms with Crippen LogP contribution in [0.1, 0.15) is 43.7 Å². The monoisotopic (exact) mass is 287 g/mol. The van der Waals surface area contributed by atoms with Gasteiger partial charge in [-0.15, -0.1) is 0 Å². The fourth-order valence-corrected chi connectivity index (χ4v) is 3.74. The Morgan fingerprint density at radius 3 is 2.43 bits per heavy atom. The number of hydrogen-bond donors (Lipinski definition) is 2. The van der Waals surface area contributed by atoms with Crippen LogP contribution in [0.3, 0.4) is 0 Å². The molecule has 0 bridgehead atoms. The minimum atomic E-state index is 0.375. The normalized spacial score (nSPS) is 22.8. The van der Waals surface area contributed by atoms with Crippen LogP contribution >= 0.6 is 0 Å². The van der Waals surface area contributed by atoms with Crippen molar-refractivity contribution in [2.45, 2.75) is 44.7 Å². The first-order valence-corrected chi connectivity index (χ1v) is 8.45. The van der Waals surface area contributed by atoms with E-state index in [0.717, 1.165) is 32.7 Å². The quantitative estimate of drug-likeness (QED) is 0.893. The summed E-state index contributed by atoms with van der Waals surface area (Å²) >= 11 is 0. The van der Waals surface area contributed by atoms with Crippen molar-refractivity contribution in [2.24, 2.45) is 0 Å². The molecule has 3 nitrogen and oxygen atoms in total. The van der Waals surface area contributed by atoms with Crippen LogP contribution in [0.15, 0.2) is 24.3 Å². The van der Waals surface area contributed by atoms with Crippen LogP contribution in [0.4, 0.5) is 0 Å². The first-order valence-electron chi connectivity index (χ1n) is 8.45. The maximum atomic E-state index is 3.62. The van der Waals surface area contributed by atoms with Crippen molar-refractivity contribution in [3.8, 4) is 0 Å². The molecule has 1 aromatic carbocycles. The molecule has 0 unspecified atom stereocenters. The smallest absolute Gasteiger partial charge is 0.0362 e. The van der Waals surface area contributed by atoms with Gasteiger partial charge in [0.05, 0.1) is 0 Å². The first-order chi connectivity index (χ1) is 10.2.